The third-order valence-electron chi connectivity index (χ3n) is 2.40. The monoisotopic (exact) mass is 257 g/mol. The van der Waals surface area contributed by atoms with E-state index in [4.69, 9.17) is 0 Å². The van der Waals surface area contributed by atoms with E-state index in [1.165, 1.54) is 18.3 Å². The van der Waals surface area contributed by atoms with E-state index in [1.54, 1.807) is 0 Å². The van der Waals surface area contributed by atoms with Gasteiger partial charge in [0.1, 0.15) is 5.82 Å². The molecule has 0 spiro atoms. The van der Waals surface area contributed by atoms with Crippen molar-refractivity contribution in [2.75, 3.05) is 0 Å². The minimum atomic E-state index is -4.75. The Morgan fingerprint density at radius 2 is 1.78 bits per heavy atom. The number of H-pyrrole nitrogens is 1. The fourth-order valence-electron chi connectivity index (χ4n) is 1.55. The van der Waals surface area contributed by atoms with Crippen molar-refractivity contribution in [3.05, 3.63) is 58.3 Å². The van der Waals surface area contributed by atoms with Gasteiger partial charge in [0.2, 0.25) is 5.56 Å². The molecule has 0 saturated heterocycles. The molecule has 1 aromatic carbocycles. The lowest BCUT2D eigenvalue weighted by Gasteiger charge is -2.10. The van der Waals surface area contributed by atoms with Crippen LogP contribution in [0.15, 0.2) is 41.3 Å². The van der Waals surface area contributed by atoms with E-state index in [1.807, 2.05) is 0 Å². The van der Waals surface area contributed by atoms with Crippen LogP contribution in [0.5, 0.6) is 0 Å². The molecule has 0 amide bonds. The van der Waals surface area contributed by atoms with Crippen LogP contribution in [0.4, 0.5) is 17.6 Å². The van der Waals surface area contributed by atoms with Crippen LogP contribution < -0.4 is 5.56 Å². The van der Waals surface area contributed by atoms with Gasteiger partial charge in [0.05, 0.1) is 5.56 Å². The molecular weight excluding hydrogens is 250 g/mol. The van der Waals surface area contributed by atoms with Crippen LogP contribution in [0, 0.1) is 5.82 Å². The number of rotatable bonds is 1. The number of halogens is 4. The Hall–Kier alpha value is -2.11. The molecule has 1 N–H and O–H groups in total. The lowest BCUT2D eigenvalue weighted by molar-refractivity contribution is -0.139. The number of aromatic amines is 1. The average molecular weight is 257 g/mol. The first-order valence-electron chi connectivity index (χ1n) is 4.94. The van der Waals surface area contributed by atoms with E-state index >= 15 is 0 Å². The average Bonchev–Trinajstić information content (AvgIpc) is 2.29. The van der Waals surface area contributed by atoms with Gasteiger partial charge in [-0.2, -0.15) is 13.2 Å². The molecule has 0 fully saturated rings. The molecule has 0 bridgehead atoms. The summed E-state index contributed by atoms with van der Waals surface area (Å²) in [6.07, 6.45) is -3.58. The summed E-state index contributed by atoms with van der Waals surface area (Å²) in [5.41, 5.74) is -1.77. The van der Waals surface area contributed by atoms with Gasteiger partial charge in [-0.05, 0) is 12.1 Å². The van der Waals surface area contributed by atoms with Gasteiger partial charge in [0.15, 0.2) is 0 Å². The van der Waals surface area contributed by atoms with E-state index < -0.39 is 23.1 Å². The first kappa shape index (κ1) is 12.3. The number of hydrogen-bond donors (Lipinski definition) is 1. The SMILES string of the molecule is O=c1ccc(-c2cccc(C(F)(F)F)c2F)c[nH]1. The Morgan fingerprint density at radius 1 is 1.06 bits per heavy atom. The molecular formula is C12H7F4NO. The molecule has 2 aromatic rings. The van der Waals surface area contributed by atoms with Gasteiger partial charge in [-0.3, -0.25) is 4.79 Å². The van der Waals surface area contributed by atoms with E-state index in [2.05, 4.69) is 4.98 Å². The van der Waals surface area contributed by atoms with Crippen LogP contribution in [0.2, 0.25) is 0 Å². The molecule has 0 aliphatic heterocycles. The quantitative estimate of drug-likeness (QED) is 0.782. The molecule has 2 nitrogen and oxygen atoms in total. The number of hydrogen-bond acceptors (Lipinski definition) is 1. The highest BCUT2D eigenvalue weighted by atomic mass is 19.4. The van der Waals surface area contributed by atoms with E-state index in [9.17, 15) is 22.4 Å². The topological polar surface area (TPSA) is 32.9 Å². The summed E-state index contributed by atoms with van der Waals surface area (Å²) in [6, 6.07) is 5.39. The number of pyridine rings is 1. The second-order valence-corrected chi connectivity index (χ2v) is 3.61. The summed E-state index contributed by atoms with van der Waals surface area (Å²) in [5.74, 6) is -1.35. The van der Waals surface area contributed by atoms with Crippen LogP contribution in [-0.2, 0) is 6.18 Å². The maximum atomic E-state index is 13.7. The molecule has 1 heterocycles. The summed E-state index contributed by atoms with van der Waals surface area (Å²) >= 11 is 0. The molecule has 6 heteroatoms. The maximum Gasteiger partial charge on any atom is 0.419 e. The fraction of sp³-hybridized carbons (Fsp3) is 0.0833. The largest absolute Gasteiger partial charge is 0.419 e. The Morgan fingerprint density at radius 3 is 2.33 bits per heavy atom. The zero-order valence-corrected chi connectivity index (χ0v) is 8.88. The predicted molar refractivity (Wildman–Crippen MR) is 57.5 cm³/mol. The lowest BCUT2D eigenvalue weighted by atomic mass is 10.0. The Kier molecular flexibility index (Phi) is 2.94. The summed E-state index contributed by atoms with van der Waals surface area (Å²) < 4.78 is 51.3. The lowest BCUT2D eigenvalue weighted by Crippen LogP contribution is -2.09. The minimum Gasteiger partial charge on any atom is -0.328 e. The van der Waals surface area contributed by atoms with E-state index in [0.29, 0.717) is 6.07 Å². The van der Waals surface area contributed by atoms with Crippen molar-refractivity contribution in [1.82, 2.24) is 4.98 Å². The zero-order valence-electron chi connectivity index (χ0n) is 8.88. The fourth-order valence-corrected chi connectivity index (χ4v) is 1.55. The van der Waals surface area contributed by atoms with Gasteiger partial charge in [-0.25, -0.2) is 4.39 Å². The first-order chi connectivity index (χ1) is 8.39. The van der Waals surface area contributed by atoms with E-state index in [0.717, 1.165) is 12.1 Å². The van der Waals surface area contributed by atoms with Gasteiger partial charge in [-0.1, -0.05) is 12.1 Å². The summed E-state index contributed by atoms with van der Waals surface area (Å²) in [5, 5.41) is 0. The van der Waals surface area contributed by atoms with Crippen molar-refractivity contribution < 1.29 is 17.6 Å². The first-order valence-corrected chi connectivity index (χ1v) is 4.94. The molecule has 2 rings (SSSR count). The maximum absolute atomic E-state index is 13.7. The second-order valence-electron chi connectivity index (χ2n) is 3.61. The number of aromatic nitrogens is 1. The van der Waals surface area contributed by atoms with Crippen LogP contribution in [0.25, 0.3) is 11.1 Å². The smallest absolute Gasteiger partial charge is 0.328 e. The molecule has 0 aliphatic rings. The standard InChI is InChI=1S/C12H7F4NO/c13-11-8(7-4-5-10(18)17-6-7)2-1-3-9(11)12(14,15)16/h1-6H,(H,17,18). The normalized spacial score (nSPS) is 11.6. The predicted octanol–water partition coefficient (Wildman–Crippen LogP) is 3.20. The highest BCUT2D eigenvalue weighted by Crippen LogP contribution is 2.35. The molecule has 0 aliphatic carbocycles. The highest BCUT2D eigenvalue weighted by molar-refractivity contribution is 5.64. The molecule has 0 radical (unpaired) electrons. The molecule has 1 aromatic heterocycles. The minimum absolute atomic E-state index is 0.179. The number of alkyl halides is 3. The number of benzene rings is 1. The highest BCUT2D eigenvalue weighted by Gasteiger charge is 2.34. The zero-order chi connectivity index (χ0) is 13.3. The van der Waals surface area contributed by atoms with Gasteiger partial charge >= 0.3 is 6.18 Å². The van der Waals surface area contributed by atoms with Crippen molar-refractivity contribution in [1.29, 1.82) is 0 Å². The second kappa shape index (κ2) is 4.29. The van der Waals surface area contributed by atoms with Crippen LogP contribution in [0.1, 0.15) is 5.56 Å². The van der Waals surface area contributed by atoms with Crippen molar-refractivity contribution in [2.24, 2.45) is 0 Å². The third-order valence-corrected chi connectivity index (χ3v) is 2.40. The van der Waals surface area contributed by atoms with Crippen molar-refractivity contribution in [3.63, 3.8) is 0 Å². The summed E-state index contributed by atoms with van der Waals surface area (Å²) in [4.78, 5) is 13.1. The molecule has 18 heavy (non-hydrogen) atoms. The van der Waals surface area contributed by atoms with Gasteiger partial charge < -0.3 is 4.98 Å². The number of nitrogens with one attached hydrogen (secondary N) is 1. The summed E-state index contributed by atoms with van der Waals surface area (Å²) in [7, 11) is 0. The molecule has 0 atom stereocenters. The van der Waals surface area contributed by atoms with Gasteiger partial charge in [0, 0.05) is 23.4 Å². The summed E-state index contributed by atoms with van der Waals surface area (Å²) in [6.45, 7) is 0. The molecule has 94 valence electrons. The Bertz CT molecular complexity index is 610. The Labute approximate surface area is 98.9 Å². The van der Waals surface area contributed by atoms with Crippen molar-refractivity contribution >= 4 is 0 Å². The van der Waals surface area contributed by atoms with Crippen molar-refractivity contribution in [2.45, 2.75) is 6.18 Å². The molecule has 0 saturated carbocycles. The van der Waals surface area contributed by atoms with Crippen LogP contribution in [0.3, 0.4) is 0 Å². The van der Waals surface area contributed by atoms with Crippen LogP contribution >= 0.6 is 0 Å². The van der Waals surface area contributed by atoms with Gasteiger partial charge in [-0.15, -0.1) is 0 Å². The Balaban J connectivity index is 2.59. The van der Waals surface area contributed by atoms with Crippen LogP contribution in [-0.4, -0.2) is 4.98 Å². The van der Waals surface area contributed by atoms with Gasteiger partial charge in [0.25, 0.3) is 0 Å². The van der Waals surface area contributed by atoms with Crippen molar-refractivity contribution in [3.8, 4) is 11.1 Å². The van der Waals surface area contributed by atoms with E-state index in [-0.39, 0.29) is 11.1 Å². The molecule has 0 unspecified atom stereocenters. The third kappa shape index (κ3) is 2.27.